The molecule has 3 rings (SSSR count). The number of alkyl halides is 3. The average Bonchev–Trinajstić information content (AvgIpc) is 2.75. The number of piperidine rings is 1. The third-order valence-electron chi connectivity index (χ3n) is 3.92. The third kappa shape index (κ3) is 2.10. The Balaban J connectivity index is 2.15. The minimum atomic E-state index is -4.28. The standard InChI is InChI=1S/C13H15F3N2S/c1-19-10-3-2-8(13(14,15)16)11-7-6-17-5-4-9(7)18-12(10)11/h2-3,7,9,17-18H,4-6H2,1H3. The summed E-state index contributed by atoms with van der Waals surface area (Å²) in [5.41, 5.74) is 0.668. The van der Waals surface area contributed by atoms with Gasteiger partial charge in [0, 0.05) is 23.4 Å². The fraction of sp³-hybridized carbons (Fsp3) is 0.538. The van der Waals surface area contributed by atoms with Crippen LogP contribution in [0.15, 0.2) is 17.0 Å². The zero-order valence-electron chi connectivity index (χ0n) is 10.5. The minimum Gasteiger partial charge on any atom is -0.380 e. The van der Waals surface area contributed by atoms with Crippen LogP contribution in [0.1, 0.15) is 23.5 Å². The van der Waals surface area contributed by atoms with Crippen LogP contribution in [0.2, 0.25) is 0 Å². The number of nitrogens with one attached hydrogen (secondary N) is 2. The number of thioether (sulfide) groups is 1. The number of anilines is 1. The summed E-state index contributed by atoms with van der Waals surface area (Å²) in [5, 5.41) is 6.51. The van der Waals surface area contributed by atoms with Crippen LogP contribution < -0.4 is 10.6 Å². The summed E-state index contributed by atoms with van der Waals surface area (Å²) in [6.45, 7) is 1.48. The van der Waals surface area contributed by atoms with Crippen molar-refractivity contribution in [2.75, 3.05) is 24.7 Å². The van der Waals surface area contributed by atoms with Crippen molar-refractivity contribution in [1.82, 2.24) is 5.32 Å². The van der Waals surface area contributed by atoms with E-state index in [4.69, 9.17) is 0 Å². The summed E-state index contributed by atoms with van der Waals surface area (Å²) < 4.78 is 39.5. The first-order valence-electron chi connectivity index (χ1n) is 6.27. The molecule has 2 aliphatic rings. The Labute approximate surface area is 114 Å². The van der Waals surface area contributed by atoms with E-state index in [-0.39, 0.29) is 12.0 Å². The number of fused-ring (bicyclic) bond motifs is 3. The molecule has 2 aliphatic heterocycles. The van der Waals surface area contributed by atoms with Gasteiger partial charge in [0.1, 0.15) is 0 Å². The van der Waals surface area contributed by atoms with E-state index in [0.29, 0.717) is 17.8 Å². The van der Waals surface area contributed by atoms with Gasteiger partial charge in [0.15, 0.2) is 0 Å². The molecule has 0 aliphatic carbocycles. The van der Waals surface area contributed by atoms with Crippen molar-refractivity contribution >= 4 is 17.4 Å². The van der Waals surface area contributed by atoms with E-state index in [2.05, 4.69) is 10.6 Å². The summed E-state index contributed by atoms with van der Waals surface area (Å²) >= 11 is 1.49. The molecule has 2 nitrogen and oxygen atoms in total. The van der Waals surface area contributed by atoms with Crippen LogP contribution in [0.3, 0.4) is 0 Å². The van der Waals surface area contributed by atoms with Gasteiger partial charge in [0.05, 0.1) is 11.3 Å². The molecule has 104 valence electrons. The number of benzene rings is 1. The van der Waals surface area contributed by atoms with Gasteiger partial charge in [-0.3, -0.25) is 0 Å². The SMILES string of the molecule is CSc1ccc(C(F)(F)F)c2c1NC1CCNCC21. The van der Waals surface area contributed by atoms with E-state index in [1.54, 1.807) is 6.07 Å². The summed E-state index contributed by atoms with van der Waals surface area (Å²) in [4.78, 5) is 0.900. The molecule has 1 fully saturated rings. The molecule has 0 aromatic heterocycles. The van der Waals surface area contributed by atoms with Crippen molar-refractivity contribution in [3.05, 3.63) is 23.3 Å². The van der Waals surface area contributed by atoms with Crippen LogP contribution >= 0.6 is 11.8 Å². The van der Waals surface area contributed by atoms with Gasteiger partial charge < -0.3 is 10.6 Å². The summed E-state index contributed by atoms with van der Waals surface area (Å²) in [7, 11) is 0. The highest BCUT2D eigenvalue weighted by molar-refractivity contribution is 7.98. The topological polar surface area (TPSA) is 24.1 Å². The minimum absolute atomic E-state index is 0.0764. The Hall–Kier alpha value is -0.880. The van der Waals surface area contributed by atoms with Gasteiger partial charge in [-0.05, 0) is 36.9 Å². The van der Waals surface area contributed by atoms with Gasteiger partial charge >= 0.3 is 6.18 Å². The highest BCUT2D eigenvalue weighted by Crippen LogP contribution is 2.48. The molecule has 0 amide bonds. The van der Waals surface area contributed by atoms with E-state index in [0.717, 1.165) is 17.9 Å². The number of rotatable bonds is 1. The molecule has 0 bridgehead atoms. The lowest BCUT2D eigenvalue weighted by atomic mass is 9.87. The van der Waals surface area contributed by atoms with Crippen molar-refractivity contribution in [1.29, 1.82) is 0 Å². The first-order valence-corrected chi connectivity index (χ1v) is 7.50. The quantitative estimate of drug-likeness (QED) is 0.775. The van der Waals surface area contributed by atoms with E-state index in [1.807, 2.05) is 6.26 Å². The van der Waals surface area contributed by atoms with Crippen LogP contribution in [0.5, 0.6) is 0 Å². The van der Waals surface area contributed by atoms with Crippen molar-refractivity contribution < 1.29 is 13.2 Å². The zero-order valence-corrected chi connectivity index (χ0v) is 11.3. The van der Waals surface area contributed by atoms with Gasteiger partial charge in [-0.15, -0.1) is 11.8 Å². The summed E-state index contributed by atoms with van der Waals surface area (Å²) in [6.07, 6.45) is -1.52. The lowest BCUT2D eigenvalue weighted by molar-refractivity contribution is -0.138. The van der Waals surface area contributed by atoms with Gasteiger partial charge in [-0.1, -0.05) is 0 Å². The molecule has 2 atom stereocenters. The van der Waals surface area contributed by atoms with E-state index < -0.39 is 11.7 Å². The number of halogens is 3. The molecule has 0 spiro atoms. The maximum Gasteiger partial charge on any atom is 0.416 e. The van der Waals surface area contributed by atoms with E-state index >= 15 is 0 Å². The first kappa shape index (κ1) is 13.1. The molecule has 2 heterocycles. The first-order chi connectivity index (χ1) is 9.02. The van der Waals surface area contributed by atoms with Crippen molar-refractivity contribution in [3.63, 3.8) is 0 Å². The average molecular weight is 288 g/mol. The fourth-order valence-electron chi connectivity index (χ4n) is 3.07. The number of hydrogen-bond acceptors (Lipinski definition) is 3. The number of hydrogen-bond donors (Lipinski definition) is 2. The third-order valence-corrected chi connectivity index (χ3v) is 4.70. The predicted octanol–water partition coefficient (Wildman–Crippen LogP) is 3.30. The van der Waals surface area contributed by atoms with Crippen molar-refractivity contribution in [2.45, 2.75) is 29.5 Å². The predicted molar refractivity (Wildman–Crippen MR) is 70.9 cm³/mol. The Morgan fingerprint density at radius 2 is 2.11 bits per heavy atom. The van der Waals surface area contributed by atoms with Gasteiger partial charge in [0.2, 0.25) is 0 Å². The highest BCUT2D eigenvalue weighted by Gasteiger charge is 2.43. The van der Waals surface area contributed by atoms with Crippen molar-refractivity contribution in [2.24, 2.45) is 0 Å². The van der Waals surface area contributed by atoms with Crippen LogP contribution in [-0.4, -0.2) is 25.4 Å². The van der Waals surface area contributed by atoms with E-state index in [9.17, 15) is 13.2 Å². The molecule has 2 N–H and O–H groups in total. The Morgan fingerprint density at radius 3 is 2.79 bits per heavy atom. The highest BCUT2D eigenvalue weighted by atomic mass is 32.2. The smallest absolute Gasteiger partial charge is 0.380 e. The van der Waals surface area contributed by atoms with Crippen LogP contribution in [-0.2, 0) is 6.18 Å². The Kier molecular flexibility index (Phi) is 3.17. The van der Waals surface area contributed by atoms with E-state index in [1.165, 1.54) is 17.8 Å². The normalized spacial score (nSPS) is 25.7. The molecule has 0 radical (unpaired) electrons. The lowest BCUT2D eigenvalue weighted by Gasteiger charge is -2.27. The van der Waals surface area contributed by atoms with Crippen LogP contribution in [0.25, 0.3) is 0 Å². The Bertz CT molecular complexity index is 501. The zero-order chi connectivity index (χ0) is 13.6. The largest absolute Gasteiger partial charge is 0.416 e. The second-order valence-electron chi connectivity index (χ2n) is 4.95. The second-order valence-corrected chi connectivity index (χ2v) is 5.80. The van der Waals surface area contributed by atoms with Crippen LogP contribution in [0.4, 0.5) is 18.9 Å². The molecular formula is C13H15F3N2S. The maximum absolute atomic E-state index is 13.2. The maximum atomic E-state index is 13.2. The molecule has 6 heteroatoms. The fourth-order valence-corrected chi connectivity index (χ4v) is 3.65. The molecule has 0 saturated carbocycles. The molecule has 2 unspecified atom stereocenters. The van der Waals surface area contributed by atoms with Gasteiger partial charge in [-0.2, -0.15) is 13.2 Å². The summed E-state index contributed by atoms with van der Waals surface area (Å²) in [5.74, 6) is -0.0764. The molecule has 1 aromatic rings. The van der Waals surface area contributed by atoms with Crippen molar-refractivity contribution in [3.8, 4) is 0 Å². The Morgan fingerprint density at radius 1 is 1.32 bits per heavy atom. The lowest BCUT2D eigenvalue weighted by Crippen LogP contribution is -2.39. The molecular weight excluding hydrogens is 273 g/mol. The summed E-state index contributed by atoms with van der Waals surface area (Å²) in [6, 6.07) is 2.93. The van der Waals surface area contributed by atoms with Gasteiger partial charge in [-0.25, -0.2) is 0 Å². The van der Waals surface area contributed by atoms with Gasteiger partial charge in [0.25, 0.3) is 0 Å². The molecule has 1 saturated heterocycles. The molecule has 19 heavy (non-hydrogen) atoms. The molecule has 1 aromatic carbocycles. The second kappa shape index (κ2) is 4.59. The monoisotopic (exact) mass is 288 g/mol. The van der Waals surface area contributed by atoms with Crippen LogP contribution in [0, 0.1) is 0 Å².